The number of methoxy groups -OCH3 is 1. The minimum absolute atomic E-state index is 0.107. The van der Waals surface area contributed by atoms with Crippen LogP contribution in [0.3, 0.4) is 0 Å². The number of nitro groups is 1. The van der Waals surface area contributed by atoms with Gasteiger partial charge in [0.25, 0.3) is 0 Å². The number of sulfonamides is 1. The topological polar surface area (TPSA) is 98.5 Å². The summed E-state index contributed by atoms with van der Waals surface area (Å²) in [5.41, 5.74) is -0.973. The first-order valence-corrected chi connectivity index (χ1v) is 7.67. The van der Waals surface area contributed by atoms with Crippen LogP contribution in [0.25, 0.3) is 0 Å². The van der Waals surface area contributed by atoms with Crippen molar-refractivity contribution in [1.82, 2.24) is 4.72 Å². The summed E-state index contributed by atoms with van der Waals surface area (Å²) in [6.45, 7) is 3.20. The van der Waals surface area contributed by atoms with E-state index < -0.39 is 32.5 Å². The van der Waals surface area contributed by atoms with Crippen molar-refractivity contribution < 1.29 is 22.5 Å². The molecule has 0 saturated carbocycles. The van der Waals surface area contributed by atoms with Gasteiger partial charge in [-0.25, -0.2) is 13.1 Å². The van der Waals surface area contributed by atoms with E-state index in [9.17, 15) is 22.9 Å². The van der Waals surface area contributed by atoms with Crippen molar-refractivity contribution in [1.29, 1.82) is 0 Å². The molecule has 0 fully saturated rings. The predicted molar refractivity (Wildman–Crippen MR) is 74.1 cm³/mol. The smallest absolute Gasteiger partial charge is 0.306 e. The van der Waals surface area contributed by atoms with Crippen molar-refractivity contribution in [3.63, 3.8) is 0 Å². The number of hydrogen-bond donors (Lipinski definition) is 1. The van der Waals surface area contributed by atoms with E-state index in [0.29, 0.717) is 12.5 Å². The van der Waals surface area contributed by atoms with Crippen LogP contribution in [0.1, 0.15) is 18.9 Å². The molecule has 1 atom stereocenters. The minimum atomic E-state index is -3.99. The Bertz CT molecular complexity index is 633. The molecule has 21 heavy (non-hydrogen) atoms. The van der Waals surface area contributed by atoms with Crippen LogP contribution in [0.4, 0.5) is 10.1 Å². The van der Waals surface area contributed by atoms with Crippen molar-refractivity contribution in [3.05, 3.63) is 33.6 Å². The zero-order valence-electron chi connectivity index (χ0n) is 11.9. The van der Waals surface area contributed by atoms with E-state index in [1.165, 1.54) is 14.0 Å². The van der Waals surface area contributed by atoms with Crippen LogP contribution in [-0.4, -0.2) is 33.1 Å². The molecule has 0 amide bonds. The molecule has 9 heteroatoms. The molecule has 0 radical (unpaired) electrons. The summed E-state index contributed by atoms with van der Waals surface area (Å²) in [6.07, 6.45) is 0.481. The summed E-state index contributed by atoms with van der Waals surface area (Å²) >= 11 is 0. The number of nitro benzene ring substituents is 1. The molecule has 0 spiro atoms. The highest BCUT2D eigenvalue weighted by molar-refractivity contribution is 7.89. The molecule has 1 rings (SSSR count). The lowest BCUT2D eigenvalue weighted by Gasteiger charge is -2.16. The van der Waals surface area contributed by atoms with Crippen LogP contribution in [0.2, 0.25) is 0 Å². The fraction of sp³-hybridized carbons (Fsp3) is 0.500. The number of rotatable bonds is 7. The average Bonchev–Trinajstić information content (AvgIpc) is 2.40. The Hall–Kier alpha value is -1.58. The summed E-state index contributed by atoms with van der Waals surface area (Å²) in [6, 6.07) is 1.30. The quantitative estimate of drug-likeness (QED) is 0.609. The molecule has 0 heterocycles. The largest absolute Gasteiger partial charge is 0.383 e. The Morgan fingerprint density at radius 2 is 2.10 bits per heavy atom. The van der Waals surface area contributed by atoms with E-state index in [1.54, 1.807) is 6.92 Å². The van der Waals surface area contributed by atoms with Crippen molar-refractivity contribution >= 4 is 15.7 Å². The molecule has 0 aliphatic heterocycles. The highest BCUT2D eigenvalue weighted by atomic mass is 32.2. The van der Waals surface area contributed by atoms with Gasteiger partial charge in [-0.2, -0.15) is 4.39 Å². The van der Waals surface area contributed by atoms with Gasteiger partial charge in [-0.15, -0.1) is 0 Å². The maximum absolute atomic E-state index is 13.6. The van der Waals surface area contributed by atoms with Crippen LogP contribution < -0.4 is 4.72 Å². The molecule has 118 valence electrons. The first kappa shape index (κ1) is 17.5. The van der Waals surface area contributed by atoms with Crippen LogP contribution in [0.5, 0.6) is 0 Å². The fourth-order valence-corrected chi connectivity index (χ4v) is 3.14. The van der Waals surface area contributed by atoms with E-state index in [-0.39, 0.29) is 17.1 Å². The van der Waals surface area contributed by atoms with E-state index >= 15 is 0 Å². The number of nitrogens with one attached hydrogen (secondary N) is 1. The SMILES string of the molecule is CCC(COC)NS(=O)(=O)c1cc(C)c(F)c([N+](=O)[O-])c1. The maximum atomic E-state index is 13.6. The zero-order chi connectivity index (χ0) is 16.2. The van der Waals surface area contributed by atoms with E-state index in [4.69, 9.17) is 4.74 Å². The zero-order valence-corrected chi connectivity index (χ0v) is 12.7. The predicted octanol–water partition coefficient (Wildman–Crippen LogP) is 1.75. The lowest BCUT2D eigenvalue weighted by Crippen LogP contribution is -2.37. The molecule has 1 N–H and O–H groups in total. The van der Waals surface area contributed by atoms with Crippen molar-refractivity contribution in [2.24, 2.45) is 0 Å². The number of halogens is 1. The number of aryl methyl sites for hydroxylation is 1. The summed E-state index contributed by atoms with van der Waals surface area (Å²) in [4.78, 5) is 9.47. The van der Waals surface area contributed by atoms with Crippen LogP contribution in [0.15, 0.2) is 17.0 Å². The summed E-state index contributed by atoms with van der Waals surface area (Å²) < 4.78 is 45.3. The molecule has 1 aromatic carbocycles. The van der Waals surface area contributed by atoms with Crippen molar-refractivity contribution in [3.8, 4) is 0 Å². The Balaban J connectivity index is 3.23. The van der Waals surface area contributed by atoms with Gasteiger partial charge in [0, 0.05) is 19.2 Å². The summed E-state index contributed by atoms with van der Waals surface area (Å²) in [5.74, 6) is -1.04. The van der Waals surface area contributed by atoms with E-state index in [0.717, 1.165) is 6.07 Å². The molecule has 0 saturated heterocycles. The van der Waals surface area contributed by atoms with Crippen molar-refractivity contribution in [2.45, 2.75) is 31.2 Å². The monoisotopic (exact) mass is 320 g/mol. The van der Waals surface area contributed by atoms with E-state index in [2.05, 4.69) is 4.72 Å². The third-order valence-corrected chi connectivity index (χ3v) is 4.40. The molecule has 0 aliphatic rings. The molecule has 7 nitrogen and oxygen atoms in total. The van der Waals surface area contributed by atoms with Crippen LogP contribution in [0, 0.1) is 22.9 Å². The molecule has 0 aliphatic carbocycles. The Morgan fingerprint density at radius 1 is 1.48 bits per heavy atom. The first-order chi connectivity index (χ1) is 9.72. The minimum Gasteiger partial charge on any atom is -0.383 e. The van der Waals surface area contributed by atoms with Gasteiger partial charge in [0.1, 0.15) is 0 Å². The van der Waals surface area contributed by atoms with Crippen LogP contribution in [-0.2, 0) is 14.8 Å². The van der Waals surface area contributed by atoms with Gasteiger partial charge in [-0.3, -0.25) is 10.1 Å². The number of benzene rings is 1. The Labute approximate surface area is 122 Å². The Kier molecular flexibility index (Phi) is 5.76. The molecule has 0 aromatic heterocycles. The average molecular weight is 320 g/mol. The normalized spacial score (nSPS) is 13.1. The second-order valence-corrected chi connectivity index (χ2v) is 6.23. The van der Waals surface area contributed by atoms with Crippen molar-refractivity contribution in [2.75, 3.05) is 13.7 Å². The van der Waals surface area contributed by atoms with Gasteiger partial charge in [0.15, 0.2) is 0 Å². The summed E-state index contributed by atoms with van der Waals surface area (Å²) in [7, 11) is -2.56. The van der Waals surface area contributed by atoms with Crippen LogP contribution >= 0.6 is 0 Å². The lowest BCUT2D eigenvalue weighted by molar-refractivity contribution is -0.387. The van der Waals surface area contributed by atoms with Gasteiger partial charge in [-0.1, -0.05) is 6.92 Å². The molecule has 1 aromatic rings. The van der Waals surface area contributed by atoms with E-state index in [1.807, 2.05) is 0 Å². The number of nitrogens with zero attached hydrogens (tertiary/aromatic N) is 1. The summed E-state index contributed by atoms with van der Waals surface area (Å²) in [5, 5.41) is 10.8. The Morgan fingerprint density at radius 3 is 2.57 bits per heavy atom. The highest BCUT2D eigenvalue weighted by Crippen LogP contribution is 2.25. The number of hydrogen-bond acceptors (Lipinski definition) is 5. The number of ether oxygens (including phenoxy) is 1. The second-order valence-electron chi connectivity index (χ2n) is 4.51. The second kappa shape index (κ2) is 6.92. The van der Waals surface area contributed by atoms with Gasteiger partial charge < -0.3 is 4.74 Å². The maximum Gasteiger partial charge on any atom is 0.306 e. The third kappa shape index (κ3) is 4.19. The third-order valence-electron chi connectivity index (χ3n) is 2.90. The van der Waals surface area contributed by atoms with Gasteiger partial charge in [-0.05, 0) is 25.0 Å². The standard InChI is InChI=1S/C12H17FN2O5S/c1-4-9(7-20-3)14-21(18,19)10-5-8(2)12(13)11(6-10)15(16)17/h5-6,9,14H,4,7H2,1-3H3. The fourth-order valence-electron chi connectivity index (χ4n) is 1.73. The molecule has 1 unspecified atom stereocenters. The van der Waals surface area contributed by atoms with Gasteiger partial charge >= 0.3 is 5.69 Å². The highest BCUT2D eigenvalue weighted by Gasteiger charge is 2.25. The van der Waals surface area contributed by atoms with Gasteiger partial charge in [0.05, 0.1) is 16.4 Å². The lowest BCUT2D eigenvalue weighted by atomic mass is 10.2. The molecular formula is C12H17FN2O5S. The molecule has 0 bridgehead atoms. The molecular weight excluding hydrogens is 303 g/mol. The van der Waals surface area contributed by atoms with Gasteiger partial charge in [0.2, 0.25) is 15.8 Å². The first-order valence-electron chi connectivity index (χ1n) is 6.18.